The predicted molar refractivity (Wildman–Crippen MR) is 83.9 cm³/mol. The molecule has 1 heterocycles. The van der Waals surface area contributed by atoms with Gasteiger partial charge in [-0.1, -0.05) is 12.8 Å². The molecule has 5 heteroatoms. The zero-order valence-electron chi connectivity index (χ0n) is 12.5. The molecule has 0 atom stereocenters. The van der Waals surface area contributed by atoms with Gasteiger partial charge in [0.2, 0.25) is 0 Å². The highest BCUT2D eigenvalue weighted by atomic mass is 16.5. The van der Waals surface area contributed by atoms with E-state index in [-0.39, 0.29) is 6.03 Å². The Morgan fingerprint density at radius 3 is 2.48 bits per heavy atom. The maximum atomic E-state index is 11.9. The van der Waals surface area contributed by atoms with Gasteiger partial charge in [0.25, 0.3) is 0 Å². The lowest BCUT2D eigenvalue weighted by Gasteiger charge is -2.40. The van der Waals surface area contributed by atoms with E-state index in [1.54, 1.807) is 7.11 Å². The van der Waals surface area contributed by atoms with Crippen molar-refractivity contribution in [1.82, 2.24) is 5.32 Å². The molecule has 2 fully saturated rings. The molecule has 1 aromatic rings. The first kappa shape index (κ1) is 14.2. The molecule has 1 saturated carbocycles. The minimum absolute atomic E-state index is 0.0990. The van der Waals surface area contributed by atoms with Gasteiger partial charge in [-0.25, -0.2) is 4.79 Å². The molecule has 1 aliphatic carbocycles. The van der Waals surface area contributed by atoms with Crippen molar-refractivity contribution >= 4 is 17.4 Å². The smallest absolute Gasteiger partial charge is 0.319 e. The van der Waals surface area contributed by atoms with Gasteiger partial charge < -0.3 is 20.3 Å². The third kappa shape index (κ3) is 3.47. The summed E-state index contributed by atoms with van der Waals surface area (Å²) in [6.07, 6.45) is 4.99. The molecule has 2 aliphatic rings. The second-order valence-corrected chi connectivity index (χ2v) is 5.89. The molecule has 0 spiro atoms. The van der Waals surface area contributed by atoms with Crippen LogP contribution in [0.1, 0.15) is 25.7 Å². The molecule has 21 heavy (non-hydrogen) atoms. The maximum absolute atomic E-state index is 11.9. The summed E-state index contributed by atoms with van der Waals surface area (Å²) in [6.45, 7) is 1.87. The van der Waals surface area contributed by atoms with E-state index in [0.29, 0.717) is 12.1 Å². The SMILES string of the molecule is COC1CN(c2ccc(NC(=O)NC3CCCC3)cc2)C1. The number of anilines is 2. The highest BCUT2D eigenvalue weighted by molar-refractivity contribution is 5.89. The lowest BCUT2D eigenvalue weighted by molar-refractivity contribution is 0.0788. The Balaban J connectivity index is 1.49. The molecule has 1 saturated heterocycles. The van der Waals surface area contributed by atoms with E-state index in [1.807, 2.05) is 24.3 Å². The van der Waals surface area contributed by atoms with E-state index < -0.39 is 0 Å². The number of hydrogen-bond donors (Lipinski definition) is 2. The molecular weight excluding hydrogens is 266 g/mol. The molecule has 2 amide bonds. The molecule has 0 radical (unpaired) electrons. The van der Waals surface area contributed by atoms with Gasteiger partial charge in [-0.2, -0.15) is 0 Å². The zero-order chi connectivity index (χ0) is 14.7. The number of ether oxygens (including phenoxy) is 1. The summed E-state index contributed by atoms with van der Waals surface area (Å²) in [5, 5.41) is 5.92. The van der Waals surface area contributed by atoms with Crippen molar-refractivity contribution in [2.45, 2.75) is 37.8 Å². The fraction of sp³-hybridized carbons (Fsp3) is 0.562. The second-order valence-electron chi connectivity index (χ2n) is 5.89. The first-order valence-corrected chi connectivity index (χ1v) is 7.70. The van der Waals surface area contributed by atoms with Crippen molar-refractivity contribution in [2.75, 3.05) is 30.4 Å². The van der Waals surface area contributed by atoms with Crippen molar-refractivity contribution in [1.29, 1.82) is 0 Å². The number of hydrogen-bond acceptors (Lipinski definition) is 3. The molecule has 1 aliphatic heterocycles. The monoisotopic (exact) mass is 289 g/mol. The van der Waals surface area contributed by atoms with Gasteiger partial charge in [0.1, 0.15) is 0 Å². The number of rotatable bonds is 4. The zero-order valence-corrected chi connectivity index (χ0v) is 12.5. The summed E-state index contributed by atoms with van der Waals surface area (Å²) >= 11 is 0. The van der Waals surface area contributed by atoms with Crippen LogP contribution in [0.3, 0.4) is 0 Å². The number of urea groups is 1. The van der Waals surface area contributed by atoms with E-state index >= 15 is 0 Å². The van der Waals surface area contributed by atoms with Gasteiger partial charge in [0.05, 0.1) is 6.10 Å². The van der Waals surface area contributed by atoms with Crippen LogP contribution in [-0.2, 0) is 4.74 Å². The third-order valence-electron chi connectivity index (χ3n) is 4.36. The van der Waals surface area contributed by atoms with Crippen molar-refractivity contribution in [3.8, 4) is 0 Å². The minimum atomic E-state index is -0.0990. The minimum Gasteiger partial charge on any atom is -0.378 e. The number of carbonyl (C=O) groups is 1. The fourth-order valence-electron chi connectivity index (χ4n) is 2.98. The molecule has 2 N–H and O–H groups in total. The Morgan fingerprint density at radius 1 is 1.19 bits per heavy atom. The van der Waals surface area contributed by atoms with Crippen molar-refractivity contribution < 1.29 is 9.53 Å². The number of nitrogens with one attached hydrogen (secondary N) is 2. The summed E-state index contributed by atoms with van der Waals surface area (Å²) < 4.78 is 5.27. The first-order valence-electron chi connectivity index (χ1n) is 7.70. The average molecular weight is 289 g/mol. The summed E-state index contributed by atoms with van der Waals surface area (Å²) in [5.41, 5.74) is 2.00. The van der Waals surface area contributed by atoms with Crippen LogP contribution in [0.5, 0.6) is 0 Å². The van der Waals surface area contributed by atoms with Crippen LogP contribution < -0.4 is 15.5 Å². The number of amides is 2. The number of benzene rings is 1. The Labute approximate surface area is 125 Å². The van der Waals surface area contributed by atoms with Gasteiger partial charge in [0.15, 0.2) is 0 Å². The fourth-order valence-corrected chi connectivity index (χ4v) is 2.98. The first-order chi connectivity index (χ1) is 10.2. The molecule has 3 rings (SSSR count). The van der Waals surface area contributed by atoms with Crippen molar-refractivity contribution in [3.05, 3.63) is 24.3 Å². The Hall–Kier alpha value is -1.75. The van der Waals surface area contributed by atoms with Gasteiger partial charge in [0, 0.05) is 37.6 Å². The van der Waals surface area contributed by atoms with Gasteiger partial charge in [-0.15, -0.1) is 0 Å². The van der Waals surface area contributed by atoms with E-state index in [4.69, 9.17) is 4.74 Å². The molecule has 1 aromatic carbocycles. The lowest BCUT2D eigenvalue weighted by Crippen LogP contribution is -2.51. The van der Waals surface area contributed by atoms with E-state index in [9.17, 15) is 4.79 Å². The quantitative estimate of drug-likeness (QED) is 0.896. The molecule has 114 valence electrons. The standard InChI is InChI=1S/C16H23N3O2/c1-21-15-10-19(11-15)14-8-6-13(7-9-14)18-16(20)17-12-4-2-3-5-12/h6-9,12,15H,2-5,10-11H2,1H3,(H2,17,18,20). The molecular formula is C16H23N3O2. The summed E-state index contributed by atoms with van der Waals surface area (Å²) in [5.74, 6) is 0. The third-order valence-corrected chi connectivity index (χ3v) is 4.36. The van der Waals surface area contributed by atoms with E-state index in [2.05, 4.69) is 15.5 Å². The topological polar surface area (TPSA) is 53.6 Å². The Bertz CT molecular complexity index is 477. The molecule has 0 bridgehead atoms. The van der Waals surface area contributed by atoms with Crippen LogP contribution in [0.25, 0.3) is 0 Å². The number of methoxy groups -OCH3 is 1. The summed E-state index contributed by atoms with van der Waals surface area (Å²) in [6, 6.07) is 8.22. The second kappa shape index (κ2) is 6.35. The number of nitrogens with zero attached hydrogens (tertiary/aromatic N) is 1. The highest BCUT2D eigenvalue weighted by Crippen LogP contribution is 2.24. The van der Waals surface area contributed by atoms with Crippen molar-refractivity contribution in [3.63, 3.8) is 0 Å². The Kier molecular flexibility index (Phi) is 4.29. The van der Waals surface area contributed by atoms with Crippen LogP contribution >= 0.6 is 0 Å². The van der Waals surface area contributed by atoms with Crippen LogP contribution in [0, 0.1) is 0 Å². The molecule has 0 aromatic heterocycles. The largest absolute Gasteiger partial charge is 0.378 e. The van der Waals surface area contributed by atoms with Crippen LogP contribution in [-0.4, -0.2) is 38.4 Å². The summed E-state index contributed by atoms with van der Waals surface area (Å²) in [4.78, 5) is 14.1. The Morgan fingerprint density at radius 2 is 1.86 bits per heavy atom. The van der Waals surface area contributed by atoms with E-state index in [0.717, 1.165) is 31.6 Å². The normalized spacial score (nSPS) is 19.4. The highest BCUT2D eigenvalue weighted by Gasteiger charge is 2.26. The lowest BCUT2D eigenvalue weighted by atomic mass is 10.1. The summed E-state index contributed by atoms with van der Waals surface area (Å²) in [7, 11) is 1.75. The van der Waals surface area contributed by atoms with Crippen LogP contribution in [0.4, 0.5) is 16.2 Å². The van der Waals surface area contributed by atoms with E-state index in [1.165, 1.54) is 18.5 Å². The van der Waals surface area contributed by atoms with Gasteiger partial charge in [-0.3, -0.25) is 0 Å². The predicted octanol–water partition coefficient (Wildman–Crippen LogP) is 2.59. The van der Waals surface area contributed by atoms with Crippen LogP contribution in [0.15, 0.2) is 24.3 Å². The van der Waals surface area contributed by atoms with Crippen LogP contribution in [0.2, 0.25) is 0 Å². The number of carbonyl (C=O) groups excluding carboxylic acids is 1. The van der Waals surface area contributed by atoms with Crippen molar-refractivity contribution in [2.24, 2.45) is 0 Å². The molecule has 5 nitrogen and oxygen atoms in total. The molecule has 0 unspecified atom stereocenters. The average Bonchev–Trinajstić information content (AvgIpc) is 2.92. The van der Waals surface area contributed by atoms with Gasteiger partial charge in [-0.05, 0) is 37.1 Å². The van der Waals surface area contributed by atoms with Gasteiger partial charge >= 0.3 is 6.03 Å². The maximum Gasteiger partial charge on any atom is 0.319 e.